The molecular formula is C41H34Cl2N4O6S. The van der Waals surface area contributed by atoms with Crippen molar-refractivity contribution in [3.8, 4) is 22.1 Å². The van der Waals surface area contributed by atoms with Gasteiger partial charge in [-0.3, -0.25) is 28.8 Å². The van der Waals surface area contributed by atoms with Crippen molar-refractivity contribution in [3.63, 3.8) is 0 Å². The first-order valence-corrected chi connectivity index (χ1v) is 19.2. The molecule has 274 valence electrons. The Labute approximate surface area is 324 Å². The fourth-order valence-corrected chi connectivity index (χ4v) is 11.0. The molecule has 1 N–H and O–H groups in total. The number of rotatable bonds is 5. The number of phenols is 1. The summed E-state index contributed by atoms with van der Waals surface area (Å²) in [5.41, 5.74) is 1.83. The number of ether oxygens (including phenoxy) is 1. The summed E-state index contributed by atoms with van der Waals surface area (Å²) in [6, 6.07) is 18.9. The van der Waals surface area contributed by atoms with Crippen LogP contribution in [0.15, 0.2) is 78.4 Å². The van der Waals surface area contributed by atoms with Crippen LogP contribution >= 0.6 is 34.5 Å². The summed E-state index contributed by atoms with van der Waals surface area (Å²) >= 11 is 14.0. The second-order valence-electron chi connectivity index (χ2n) is 14.8. The van der Waals surface area contributed by atoms with E-state index in [1.807, 2.05) is 31.2 Å². The van der Waals surface area contributed by atoms with Gasteiger partial charge in [0, 0.05) is 39.3 Å². The summed E-state index contributed by atoms with van der Waals surface area (Å²) in [6.07, 6.45) is 2.39. The lowest BCUT2D eigenvalue weighted by Crippen LogP contribution is -2.49. The lowest BCUT2D eigenvalue weighted by Gasteiger charge is -2.49. The van der Waals surface area contributed by atoms with E-state index in [4.69, 9.17) is 33.0 Å². The monoisotopic (exact) mass is 780 g/mol. The largest absolute Gasteiger partial charge is 0.508 e. The highest BCUT2D eigenvalue weighted by Gasteiger charge is 2.68. The Morgan fingerprint density at radius 2 is 1.65 bits per heavy atom. The molecule has 1 saturated carbocycles. The Hall–Kier alpha value is -4.97. The molecule has 10 nitrogen and oxygen atoms in total. The first-order valence-electron chi connectivity index (χ1n) is 17.6. The zero-order valence-corrected chi connectivity index (χ0v) is 32.0. The number of anilines is 2. The minimum atomic E-state index is -1.37. The maximum Gasteiger partial charge on any atom is 0.242 e. The number of nitrogens with zero attached hydrogens (tertiary/aromatic N) is 4. The van der Waals surface area contributed by atoms with Crippen molar-refractivity contribution in [2.45, 2.75) is 32.6 Å². The Morgan fingerprint density at radius 3 is 2.39 bits per heavy atom. The van der Waals surface area contributed by atoms with Gasteiger partial charge in [0.1, 0.15) is 23.0 Å². The Balaban J connectivity index is 1.16. The highest BCUT2D eigenvalue weighted by Crippen LogP contribution is 2.64. The molecule has 54 heavy (non-hydrogen) atoms. The van der Waals surface area contributed by atoms with E-state index < -0.39 is 46.8 Å². The second-order valence-corrected chi connectivity index (χ2v) is 16.7. The molecule has 6 atom stereocenters. The molecule has 2 aliphatic heterocycles. The van der Waals surface area contributed by atoms with Gasteiger partial charge in [-0.1, -0.05) is 34.9 Å². The quantitative estimate of drug-likeness (QED) is 0.141. The number of allylic oxidation sites excluding steroid dienone is 2. The predicted molar refractivity (Wildman–Crippen MR) is 207 cm³/mol. The summed E-state index contributed by atoms with van der Waals surface area (Å²) in [7, 11) is 3.22. The molecule has 5 aromatic rings. The van der Waals surface area contributed by atoms with E-state index in [-0.39, 0.29) is 30.4 Å². The highest BCUT2D eigenvalue weighted by molar-refractivity contribution is 7.22. The van der Waals surface area contributed by atoms with Crippen molar-refractivity contribution in [2.75, 3.05) is 16.9 Å². The van der Waals surface area contributed by atoms with Crippen molar-refractivity contribution in [1.82, 2.24) is 9.78 Å². The topological polar surface area (TPSA) is 122 Å². The van der Waals surface area contributed by atoms with Crippen LogP contribution in [-0.4, -0.2) is 45.6 Å². The maximum atomic E-state index is 15.1. The van der Waals surface area contributed by atoms with Gasteiger partial charge in [-0.25, -0.2) is 4.90 Å². The minimum Gasteiger partial charge on any atom is -0.508 e. The maximum absolute atomic E-state index is 15.1. The molecule has 0 radical (unpaired) electrons. The van der Waals surface area contributed by atoms with E-state index in [2.05, 4.69) is 0 Å². The van der Waals surface area contributed by atoms with Crippen LogP contribution in [0.1, 0.15) is 36.8 Å². The van der Waals surface area contributed by atoms with Gasteiger partial charge >= 0.3 is 0 Å². The fourth-order valence-electron chi connectivity index (χ4n) is 9.53. The number of carbonyl (C=O) groups is 4. The third-order valence-electron chi connectivity index (χ3n) is 12.1. The van der Waals surface area contributed by atoms with Crippen LogP contribution in [0.2, 0.25) is 10.0 Å². The Kier molecular flexibility index (Phi) is 7.91. The number of methoxy groups -OCH3 is 1. The van der Waals surface area contributed by atoms with Gasteiger partial charge in [0.05, 0.1) is 40.8 Å². The number of thiophene rings is 1. The molecule has 0 unspecified atom stereocenters. The highest BCUT2D eigenvalue weighted by atomic mass is 35.5. The number of carbonyl (C=O) groups excluding carboxylic acids is 4. The van der Waals surface area contributed by atoms with E-state index in [1.165, 1.54) is 23.0 Å². The van der Waals surface area contributed by atoms with Crippen LogP contribution in [0, 0.1) is 36.0 Å². The molecule has 4 aliphatic rings. The van der Waals surface area contributed by atoms with Gasteiger partial charge in [0.2, 0.25) is 23.6 Å². The second kappa shape index (κ2) is 12.3. The third kappa shape index (κ3) is 4.80. The number of amides is 4. The van der Waals surface area contributed by atoms with Gasteiger partial charge in [-0.05, 0) is 104 Å². The number of benzene rings is 3. The first kappa shape index (κ1) is 34.8. The normalized spacial score (nSPS) is 26.3. The number of aromatic hydroxyl groups is 1. The molecule has 9 rings (SSSR count). The smallest absolute Gasteiger partial charge is 0.242 e. The number of hydrogen-bond donors (Lipinski definition) is 1. The molecule has 2 aliphatic carbocycles. The molecule has 3 aromatic carbocycles. The van der Waals surface area contributed by atoms with Gasteiger partial charge in [-0.2, -0.15) is 5.10 Å². The van der Waals surface area contributed by atoms with Crippen molar-refractivity contribution in [1.29, 1.82) is 0 Å². The number of phenolic OH excluding ortho intramolecular Hbond substituents is 1. The van der Waals surface area contributed by atoms with E-state index >= 15 is 4.79 Å². The summed E-state index contributed by atoms with van der Waals surface area (Å²) in [6.45, 7) is 3.78. The number of hydrogen-bond acceptors (Lipinski definition) is 8. The zero-order chi connectivity index (χ0) is 38.0. The first-order chi connectivity index (χ1) is 25.8. The van der Waals surface area contributed by atoms with Gasteiger partial charge in [0.25, 0.3) is 0 Å². The summed E-state index contributed by atoms with van der Waals surface area (Å²) in [4.78, 5) is 61.7. The SMILES string of the molecule is COc1ccc(O)c([C@H]2C3=CC[C@@H]4C(=O)N(c5ccc(Cl)cc5)C(=O)[C@@H]4[C@@H]3C[C@H]3C(=O)N(c4cc(-c5sc6ccc(Cl)cc6c5C)nn4C)C(=O)[C@@]23C)c1. The number of aromatic nitrogens is 2. The van der Waals surface area contributed by atoms with E-state index in [9.17, 15) is 19.5 Å². The van der Waals surface area contributed by atoms with E-state index in [0.717, 1.165) is 26.1 Å². The van der Waals surface area contributed by atoms with Crippen LogP contribution in [0.3, 0.4) is 0 Å². The summed E-state index contributed by atoms with van der Waals surface area (Å²) in [5, 5.41) is 18.4. The Bertz CT molecular complexity index is 2510. The van der Waals surface area contributed by atoms with Gasteiger partial charge in [0.15, 0.2) is 0 Å². The number of fused-ring (bicyclic) bond motifs is 5. The van der Waals surface area contributed by atoms with Gasteiger partial charge in [-0.15, -0.1) is 11.3 Å². The molecule has 3 fully saturated rings. The standard InChI is InChI=1S/C41H34Cl2N4O6S/c1-19-26-15-21(43)7-14-32(26)54-36(19)30-18-33(45(3)44-30)47-38(50)29-17-27-24(35(41(29,2)40(47)52)28-16-23(53-4)10-13-31(28)48)11-12-25-34(27)39(51)46(37(25)49)22-8-5-20(42)6-9-22/h5-11,13-16,18,25,27,29,34-35,48H,12,17H2,1-4H3/t25-,27+,29-,34-,35+,41+/m0/s1. The molecule has 0 spiro atoms. The summed E-state index contributed by atoms with van der Waals surface area (Å²) in [5.74, 6) is -4.48. The van der Waals surface area contributed by atoms with Crippen LogP contribution < -0.4 is 14.5 Å². The van der Waals surface area contributed by atoms with Crippen LogP contribution in [-0.2, 0) is 26.2 Å². The summed E-state index contributed by atoms with van der Waals surface area (Å²) < 4.78 is 8.15. The lowest BCUT2D eigenvalue weighted by atomic mass is 9.51. The lowest BCUT2D eigenvalue weighted by molar-refractivity contribution is -0.131. The number of imide groups is 2. The van der Waals surface area contributed by atoms with Crippen molar-refractivity contribution in [3.05, 3.63) is 99.6 Å². The Morgan fingerprint density at radius 1 is 0.907 bits per heavy atom. The molecule has 13 heteroatoms. The van der Waals surface area contributed by atoms with Crippen molar-refractivity contribution < 1.29 is 29.0 Å². The van der Waals surface area contributed by atoms with Crippen LogP contribution in [0.5, 0.6) is 11.5 Å². The predicted octanol–water partition coefficient (Wildman–Crippen LogP) is 8.07. The van der Waals surface area contributed by atoms with Crippen molar-refractivity contribution >= 4 is 79.8 Å². The molecule has 0 bridgehead atoms. The third-order valence-corrected chi connectivity index (χ3v) is 13.9. The van der Waals surface area contributed by atoms with E-state index in [0.29, 0.717) is 38.6 Å². The zero-order valence-electron chi connectivity index (χ0n) is 29.7. The van der Waals surface area contributed by atoms with Gasteiger partial charge < -0.3 is 9.84 Å². The number of halogens is 2. The minimum absolute atomic E-state index is 0.0667. The fraction of sp³-hybridized carbons (Fsp3) is 0.293. The molecule has 4 amide bonds. The van der Waals surface area contributed by atoms with E-state index in [1.54, 1.807) is 72.5 Å². The average molecular weight is 782 g/mol. The van der Waals surface area contributed by atoms with Crippen LogP contribution in [0.4, 0.5) is 11.5 Å². The number of aryl methyl sites for hydroxylation is 2. The molecule has 2 saturated heterocycles. The average Bonchev–Trinajstić information content (AvgIpc) is 3.82. The van der Waals surface area contributed by atoms with Crippen molar-refractivity contribution in [2.24, 2.45) is 36.1 Å². The molecule has 2 aromatic heterocycles. The molecule has 4 heterocycles. The molecular weight excluding hydrogens is 747 g/mol. The van der Waals surface area contributed by atoms with Crippen LogP contribution in [0.25, 0.3) is 20.7 Å².